The first kappa shape index (κ1) is 11.8. The summed E-state index contributed by atoms with van der Waals surface area (Å²) in [4.78, 5) is 4.36. The molecule has 6 heteroatoms. The van der Waals surface area contributed by atoms with E-state index in [-0.39, 0.29) is 12.1 Å². The summed E-state index contributed by atoms with van der Waals surface area (Å²) < 4.78 is 6.24. The second-order valence-corrected chi connectivity index (χ2v) is 5.23. The van der Waals surface area contributed by atoms with Crippen molar-refractivity contribution in [2.75, 3.05) is 6.54 Å². The van der Waals surface area contributed by atoms with Gasteiger partial charge in [-0.2, -0.15) is 4.98 Å². The van der Waals surface area contributed by atoms with E-state index in [2.05, 4.69) is 31.4 Å². The molecule has 18 heavy (non-hydrogen) atoms. The van der Waals surface area contributed by atoms with Gasteiger partial charge in [0.15, 0.2) is 0 Å². The molecule has 2 aromatic rings. The Morgan fingerprint density at radius 3 is 2.78 bits per heavy atom. The lowest BCUT2D eigenvalue weighted by molar-refractivity contribution is 0.191. The zero-order chi connectivity index (χ0) is 12.5. The second-order valence-electron chi connectivity index (χ2n) is 4.31. The highest BCUT2D eigenvalue weighted by atomic mass is 79.9. The van der Waals surface area contributed by atoms with Crippen molar-refractivity contribution < 1.29 is 9.63 Å². The molecule has 1 aliphatic rings. The number of rotatable bonds is 2. The summed E-state index contributed by atoms with van der Waals surface area (Å²) in [5.41, 5.74) is 0.909. The monoisotopic (exact) mass is 309 g/mol. The van der Waals surface area contributed by atoms with E-state index in [0.29, 0.717) is 24.7 Å². The highest BCUT2D eigenvalue weighted by Crippen LogP contribution is 2.25. The largest absolute Gasteiger partial charge is 0.392 e. The van der Waals surface area contributed by atoms with Gasteiger partial charge in [-0.25, -0.2) is 0 Å². The van der Waals surface area contributed by atoms with Crippen LogP contribution in [0.25, 0.3) is 11.4 Å². The first-order valence-corrected chi connectivity index (χ1v) is 6.52. The van der Waals surface area contributed by atoms with Gasteiger partial charge in [-0.1, -0.05) is 21.1 Å². The highest BCUT2D eigenvalue weighted by molar-refractivity contribution is 9.10. The molecule has 1 aliphatic heterocycles. The molecule has 0 amide bonds. The van der Waals surface area contributed by atoms with Gasteiger partial charge in [0.25, 0.3) is 0 Å². The van der Waals surface area contributed by atoms with Crippen LogP contribution in [0.1, 0.15) is 18.4 Å². The Morgan fingerprint density at radius 2 is 2.11 bits per heavy atom. The fourth-order valence-corrected chi connectivity index (χ4v) is 2.26. The molecular formula is C12H12BrN3O2. The number of aromatic nitrogens is 2. The lowest BCUT2D eigenvalue weighted by Gasteiger charge is -2.01. The van der Waals surface area contributed by atoms with Crippen molar-refractivity contribution in [1.82, 2.24) is 15.5 Å². The summed E-state index contributed by atoms with van der Waals surface area (Å²) in [5.74, 6) is 1.10. The average molecular weight is 310 g/mol. The first-order chi connectivity index (χ1) is 8.72. The van der Waals surface area contributed by atoms with E-state index in [9.17, 15) is 5.11 Å². The van der Waals surface area contributed by atoms with Gasteiger partial charge in [-0.05, 0) is 30.7 Å². The molecule has 0 saturated carbocycles. The molecule has 1 saturated heterocycles. The first-order valence-electron chi connectivity index (χ1n) is 5.73. The molecule has 0 radical (unpaired) electrons. The van der Waals surface area contributed by atoms with Crippen LogP contribution in [0.5, 0.6) is 0 Å². The quantitative estimate of drug-likeness (QED) is 0.886. The molecule has 94 valence electrons. The molecule has 2 heterocycles. The summed E-state index contributed by atoms with van der Waals surface area (Å²) in [6.45, 7) is 0.570. The third-order valence-electron chi connectivity index (χ3n) is 2.95. The zero-order valence-corrected chi connectivity index (χ0v) is 11.1. The van der Waals surface area contributed by atoms with Crippen LogP contribution in [0.4, 0.5) is 0 Å². The molecule has 0 bridgehead atoms. The Hall–Kier alpha value is -1.24. The number of benzene rings is 1. The van der Waals surface area contributed by atoms with Crippen LogP contribution in [0, 0.1) is 0 Å². The van der Waals surface area contributed by atoms with E-state index in [1.807, 2.05) is 24.3 Å². The third-order valence-corrected chi connectivity index (χ3v) is 3.48. The van der Waals surface area contributed by atoms with Gasteiger partial charge in [0, 0.05) is 16.6 Å². The van der Waals surface area contributed by atoms with E-state index in [0.717, 1.165) is 10.0 Å². The molecule has 3 rings (SSSR count). The Bertz CT molecular complexity index is 541. The van der Waals surface area contributed by atoms with Crippen molar-refractivity contribution in [2.45, 2.75) is 18.6 Å². The predicted molar refractivity (Wildman–Crippen MR) is 68.8 cm³/mol. The van der Waals surface area contributed by atoms with Crippen LogP contribution in [0.2, 0.25) is 0 Å². The van der Waals surface area contributed by atoms with Gasteiger partial charge in [0.1, 0.15) is 0 Å². The number of hydrogen-bond donors (Lipinski definition) is 2. The van der Waals surface area contributed by atoms with E-state index < -0.39 is 0 Å². The maximum Gasteiger partial charge on any atom is 0.244 e. The summed E-state index contributed by atoms with van der Waals surface area (Å²) in [7, 11) is 0. The number of halogens is 1. The average Bonchev–Trinajstić information content (AvgIpc) is 2.98. The Morgan fingerprint density at radius 1 is 1.33 bits per heavy atom. The molecule has 0 unspecified atom stereocenters. The number of nitrogens with zero attached hydrogens (tertiary/aromatic N) is 2. The van der Waals surface area contributed by atoms with Crippen molar-refractivity contribution in [3.05, 3.63) is 34.6 Å². The van der Waals surface area contributed by atoms with Crippen molar-refractivity contribution in [2.24, 2.45) is 0 Å². The fourth-order valence-electron chi connectivity index (χ4n) is 2.00. The molecule has 2 N–H and O–H groups in total. The minimum atomic E-state index is -0.335. The summed E-state index contributed by atoms with van der Waals surface area (Å²) in [6, 6.07) is 7.67. The van der Waals surface area contributed by atoms with E-state index in [4.69, 9.17) is 4.52 Å². The van der Waals surface area contributed by atoms with Crippen LogP contribution in [0.3, 0.4) is 0 Å². The van der Waals surface area contributed by atoms with Crippen LogP contribution < -0.4 is 5.32 Å². The predicted octanol–water partition coefficient (Wildman–Crippen LogP) is 1.89. The van der Waals surface area contributed by atoms with Crippen molar-refractivity contribution in [1.29, 1.82) is 0 Å². The maximum atomic E-state index is 9.46. The third kappa shape index (κ3) is 2.31. The molecule has 2 atom stereocenters. The van der Waals surface area contributed by atoms with Gasteiger partial charge in [0.2, 0.25) is 11.7 Å². The minimum absolute atomic E-state index is 0.0447. The van der Waals surface area contributed by atoms with Crippen LogP contribution >= 0.6 is 15.9 Å². The smallest absolute Gasteiger partial charge is 0.244 e. The molecule has 5 nitrogen and oxygen atoms in total. The number of nitrogens with one attached hydrogen (secondary N) is 1. The topological polar surface area (TPSA) is 71.2 Å². The Balaban J connectivity index is 1.83. The SMILES string of the molecule is O[C@@H]1CN[C@H](c2nc(-c3ccc(Br)cc3)no2)C1. The van der Waals surface area contributed by atoms with Gasteiger partial charge in [0.05, 0.1) is 12.1 Å². The van der Waals surface area contributed by atoms with Gasteiger partial charge in [-0.3, -0.25) is 0 Å². The van der Waals surface area contributed by atoms with Crippen molar-refractivity contribution in [3.8, 4) is 11.4 Å². The Labute approximate surface area is 112 Å². The van der Waals surface area contributed by atoms with Crippen molar-refractivity contribution in [3.63, 3.8) is 0 Å². The zero-order valence-electron chi connectivity index (χ0n) is 9.51. The Kier molecular flexibility index (Phi) is 3.15. The minimum Gasteiger partial charge on any atom is -0.392 e. The standard InChI is InChI=1S/C12H12BrN3O2/c13-8-3-1-7(2-4-8)11-15-12(18-16-11)10-5-9(17)6-14-10/h1-4,9-10,14,17H,5-6H2/t9-,10-/m0/s1. The second kappa shape index (κ2) is 4.79. The van der Waals surface area contributed by atoms with Crippen molar-refractivity contribution >= 4 is 15.9 Å². The van der Waals surface area contributed by atoms with Gasteiger partial charge in [-0.15, -0.1) is 0 Å². The van der Waals surface area contributed by atoms with E-state index in [1.165, 1.54) is 0 Å². The molecular weight excluding hydrogens is 298 g/mol. The maximum absolute atomic E-state index is 9.46. The number of aliphatic hydroxyl groups excluding tert-OH is 1. The number of hydrogen-bond acceptors (Lipinski definition) is 5. The van der Waals surface area contributed by atoms with Crippen LogP contribution in [-0.4, -0.2) is 27.9 Å². The summed E-state index contributed by atoms with van der Waals surface area (Å²) in [5, 5.41) is 16.6. The molecule has 1 aromatic heterocycles. The molecule has 0 aliphatic carbocycles. The van der Waals surface area contributed by atoms with E-state index in [1.54, 1.807) is 0 Å². The summed E-state index contributed by atoms with van der Waals surface area (Å²) in [6.07, 6.45) is 0.278. The van der Waals surface area contributed by atoms with Crippen LogP contribution in [-0.2, 0) is 0 Å². The highest BCUT2D eigenvalue weighted by Gasteiger charge is 2.28. The van der Waals surface area contributed by atoms with E-state index >= 15 is 0 Å². The lowest BCUT2D eigenvalue weighted by Crippen LogP contribution is -2.15. The fraction of sp³-hybridized carbons (Fsp3) is 0.333. The lowest BCUT2D eigenvalue weighted by atomic mass is 10.2. The summed E-state index contributed by atoms with van der Waals surface area (Å²) >= 11 is 3.38. The van der Waals surface area contributed by atoms with Gasteiger partial charge < -0.3 is 14.9 Å². The molecule has 0 spiro atoms. The number of aliphatic hydroxyl groups is 1. The molecule has 1 aromatic carbocycles. The van der Waals surface area contributed by atoms with Crippen LogP contribution in [0.15, 0.2) is 33.3 Å². The number of β-amino-alcohol motifs (C(OH)–C–C–N with tert-alkyl or cyclic N) is 1. The normalized spacial score (nSPS) is 23.4. The molecule has 1 fully saturated rings. The van der Waals surface area contributed by atoms with Gasteiger partial charge >= 0.3 is 0 Å².